The second-order valence-corrected chi connectivity index (χ2v) is 6.07. The van der Waals surface area contributed by atoms with Gasteiger partial charge in [-0.05, 0) is 23.8 Å². The zero-order valence-electron chi connectivity index (χ0n) is 12.2. The van der Waals surface area contributed by atoms with Crippen LogP contribution in [0.4, 0.5) is 4.39 Å². The van der Waals surface area contributed by atoms with E-state index in [0.29, 0.717) is 18.2 Å². The molecule has 2 aliphatic rings. The summed E-state index contributed by atoms with van der Waals surface area (Å²) in [5.74, 6) is -0.264. The van der Waals surface area contributed by atoms with Crippen LogP contribution in [0.2, 0.25) is 5.02 Å². The van der Waals surface area contributed by atoms with Crippen LogP contribution in [0.25, 0.3) is 0 Å². The first-order valence-electron chi connectivity index (χ1n) is 7.37. The quantitative estimate of drug-likeness (QED) is 0.874. The second-order valence-electron chi connectivity index (χ2n) is 5.66. The van der Waals surface area contributed by atoms with Crippen LogP contribution in [0.5, 0.6) is 0 Å². The number of hydrogen-bond acceptors (Lipinski definition) is 4. The van der Waals surface area contributed by atoms with E-state index < -0.39 is 5.60 Å². The monoisotopic (exact) mass is 331 g/mol. The number of hydrogen-bond donors (Lipinski definition) is 1. The molecule has 0 amide bonds. The highest BCUT2D eigenvalue weighted by Crippen LogP contribution is 2.58. The number of aliphatic imine (C=N–C) groups is 1. The minimum absolute atomic E-state index is 0.169. The van der Waals surface area contributed by atoms with Crippen molar-refractivity contribution >= 4 is 17.9 Å². The molecular formula is C17H15ClFN3O. The maximum Gasteiger partial charge on any atom is 0.143 e. The highest BCUT2D eigenvalue weighted by atomic mass is 35.5. The van der Waals surface area contributed by atoms with Crippen molar-refractivity contribution in [2.45, 2.75) is 11.7 Å². The first-order valence-corrected chi connectivity index (χ1v) is 7.75. The first-order chi connectivity index (χ1) is 11.2. The second kappa shape index (κ2) is 5.60. The Hall–Kier alpha value is -1.95. The van der Waals surface area contributed by atoms with E-state index in [9.17, 15) is 4.39 Å². The van der Waals surface area contributed by atoms with Crippen molar-refractivity contribution in [2.75, 3.05) is 13.2 Å². The number of hydrazine groups is 1. The molecule has 4 rings (SSSR count). The van der Waals surface area contributed by atoms with Crippen molar-refractivity contribution in [1.82, 2.24) is 10.4 Å². The Morgan fingerprint density at radius 1 is 1.26 bits per heavy atom. The van der Waals surface area contributed by atoms with Gasteiger partial charge in [-0.15, -0.1) is 0 Å². The van der Waals surface area contributed by atoms with Gasteiger partial charge in [0.1, 0.15) is 30.5 Å². The van der Waals surface area contributed by atoms with Crippen LogP contribution in [-0.4, -0.2) is 24.6 Å². The van der Waals surface area contributed by atoms with Gasteiger partial charge in [-0.25, -0.2) is 9.82 Å². The Labute approximate surface area is 138 Å². The van der Waals surface area contributed by atoms with Crippen molar-refractivity contribution in [1.29, 1.82) is 0 Å². The van der Waals surface area contributed by atoms with Gasteiger partial charge in [0.25, 0.3) is 0 Å². The molecule has 23 heavy (non-hydrogen) atoms. The van der Waals surface area contributed by atoms with E-state index in [1.807, 2.05) is 29.3 Å². The molecule has 2 heterocycles. The summed E-state index contributed by atoms with van der Waals surface area (Å²) in [6, 6.07) is 14.1. The maximum atomic E-state index is 13.3. The van der Waals surface area contributed by atoms with E-state index in [0.717, 1.165) is 11.1 Å². The molecule has 0 radical (unpaired) electrons. The Morgan fingerprint density at radius 2 is 2.04 bits per heavy atom. The van der Waals surface area contributed by atoms with Crippen LogP contribution >= 0.6 is 11.6 Å². The van der Waals surface area contributed by atoms with E-state index in [4.69, 9.17) is 16.3 Å². The first kappa shape index (κ1) is 14.6. The topological polar surface area (TPSA) is 40.2 Å². The molecule has 0 bridgehead atoms. The fourth-order valence-electron chi connectivity index (χ4n) is 3.00. The highest BCUT2D eigenvalue weighted by Gasteiger charge is 2.60. The molecule has 0 saturated carbocycles. The summed E-state index contributed by atoms with van der Waals surface area (Å²) in [5, 5.41) is 2.56. The van der Waals surface area contributed by atoms with Gasteiger partial charge in [-0.2, -0.15) is 0 Å². The van der Waals surface area contributed by atoms with Crippen LogP contribution in [-0.2, 0) is 10.3 Å². The minimum Gasteiger partial charge on any atom is -0.354 e. The SMILES string of the molecule is Fc1ccc(C2(CN3C=NCN3)OC2c2ccccc2Cl)cc1. The molecule has 2 unspecified atom stereocenters. The highest BCUT2D eigenvalue weighted by molar-refractivity contribution is 6.31. The molecule has 1 fully saturated rings. The summed E-state index contributed by atoms with van der Waals surface area (Å²) in [4.78, 5) is 4.15. The lowest BCUT2D eigenvalue weighted by atomic mass is 9.91. The average molecular weight is 332 g/mol. The molecule has 0 spiro atoms. The van der Waals surface area contributed by atoms with Crippen LogP contribution in [0.15, 0.2) is 53.5 Å². The summed E-state index contributed by atoms with van der Waals surface area (Å²) in [5.41, 5.74) is 4.44. The number of ether oxygens (including phenoxy) is 1. The fraction of sp³-hybridized carbons (Fsp3) is 0.235. The largest absolute Gasteiger partial charge is 0.354 e. The number of halogens is 2. The molecule has 2 atom stereocenters. The molecule has 1 saturated heterocycles. The lowest BCUT2D eigenvalue weighted by molar-refractivity contribution is 0.220. The van der Waals surface area contributed by atoms with Gasteiger partial charge in [0.15, 0.2) is 0 Å². The summed E-state index contributed by atoms with van der Waals surface area (Å²) < 4.78 is 19.4. The van der Waals surface area contributed by atoms with Crippen molar-refractivity contribution < 1.29 is 9.13 Å². The smallest absolute Gasteiger partial charge is 0.143 e. The van der Waals surface area contributed by atoms with Gasteiger partial charge in [-0.1, -0.05) is 41.9 Å². The van der Waals surface area contributed by atoms with Crippen LogP contribution in [0.1, 0.15) is 17.2 Å². The predicted molar refractivity (Wildman–Crippen MR) is 86.6 cm³/mol. The Kier molecular flexibility index (Phi) is 3.56. The minimum atomic E-state index is -0.567. The van der Waals surface area contributed by atoms with Crippen molar-refractivity contribution in [3.05, 3.63) is 70.5 Å². The summed E-state index contributed by atoms with van der Waals surface area (Å²) in [7, 11) is 0. The van der Waals surface area contributed by atoms with E-state index in [2.05, 4.69) is 10.4 Å². The van der Waals surface area contributed by atoms with Gasteiger partial charge in [0.05, 0.1) is 6.54 Å². The lowest BCUT2D eigenvalue weighted by Crippen LogP contribution is -2.39. The molecule has 0 aromatic heterocycles. The summed E-state index contributed by atoms with van der Waals surface area (Å²) in [6.07, 6.45) is 1.58. The fourth-order valence-corrected chi connectivity index (χ4v) is 3.24. The third-order valence-electron chi connectivity index (χ3n) is 4.21. The third-order valence-corrected chi connectivity index (χ3v) is 4.55. The Bertz CT molecular complexity index is 752. The molecule has 1 N–H and O–H groups in total. The van der Waals surface area contributed by atoms with Gasteiger partial charge < -0.3 is 4.74 Å². The molecule has 118 valence electrons. The van der Waals surface area contributed by atoms with Crippen LogP contribution in [0.3, 0.4) is 0 Å². The van der Waals surface area contributed by atoms with E-state index >= 15 is 0 Å². The molecule has 0 aliphatic carbocycles. The van der Waals surface area contributed by atoms with E-state index in [1.165, 1.54) is 12.1 Å². The summed E-state index contributed by atoms with van der Waals surface area (Å²) >= 11 is 6.32. The predicted octanol–water partition coefficient (Wildman–Crippen LogP) is 3.25. The number of benzene rings is 2. The van der Waals surface area contributed by atoms with Crippen molar-refractivity contribution in [3.8, 4) is 0 Å². The number of rotatable bonds is 4. The van der Waals surface area contributed by atoms with Gasteiger partial charge in [0.2, 0.25) is 0 Å². The normalized spacial score (nSPS) is 25.8. The van der Waals surface area contributed by atoms with Gasteiger partial charge in [-0.3, -0.25) is 10.0 Å². The number of epoxide rings is 1. The maximum absolute atomic E-state index is 13.3. The standard InChI is InChI=1S/C17H15ClFN3O/c18-15-4-2-1-3-14(15)16-17(23-16,9-22-11-20-10-21-22)12-5-7-13(19)8-6-12/h1-8,11,16,21H,9-10H2. The Morgan fingerprint density at radius 3 is 2.74 bits per heavy atom. The molecule has 6 heteroatoms. The van der Waals surface area contributed by atoms with Gasteiger partial charge in [0, 0.05) is 10.6 Å². The van der Waals surface area contributed by atoms with Crippen molar-refractivity contribution in [2.24, 2.45) is 4.99 Å². The number of nitrogens with one attached hydrogen (secondary N) is 1. The van der Waals surface area contributed by atoms with Crippen molar-refractivity contribution in [3.63, 3.8) is 0 Å². The third kappa shape index (κ3) is 2.61. The number of nitrogens with zero attached hydrogens (tertiary/aromatic N) is 2. The van der Waals surface area contributed by atoms with E-state index in [-0.39, 0.29) is 11.9 Å². The molecule has 2 aliphatic heterocycles. The zero-order valence-corrected chi connectivity index (χ0v) is 13.0. The van der Waals surface area contributed by atoms with E-state index in [1.54, 1.807) is 18.5 Å². The van der Waals surface area contributed by atoms with Crippen LogP contribution in [0, 0.1) is 5.82 Å². The lowest BCUT2D eigenvalue weighted by Gasteiger charge is -2.21. The molecule has 2 aromatic rings. The summed E-state index contributed by atoms with van der Waals surface area (Å²) in [6.45, 7) is 1.12. The molecular weight excluding hydrogens is 317 g/mol. The van der Waals surface area contributed by atoms with Crippen LogP contribution < -0.4 is 5.43 Å². The molecule has 4 nitrogen and oxygen atoms in total. The zero-order chi connectivity index (χ0) is 15.9. The Balaban J connectivity index is 1.70. The average Bonchev–Trinajstić information content (AvgIpc) is 3.02. The van der Waals surface area contributed by atoms with Gasteiger partial charge >= 0.3 is 0 Å². The molecule has 2 aromatic carbocycles.